The van der Waals surface area contributed by atoms with Crippen molar-refractivity contribution in [1.82, 2.24) is 0 Å². The van der Waals surface area contributed by atoms with Gasteiger partial charge in [-0.15, -0.1) is 0 Å². The number of halogens is 4. The molecule has 0 radical (unpaired) electrons. The maximum atomic E-state index is 13.5. The van der Waals surface area contributed by atoms with E-state index in [2.05, 4.69) is 4.74 Å². The molecule has 0 aliphatic carbocycles. The van der Waals surface area contributed by atoms with Gasteiger partial charge in [0.1, 0.15) is 17.5 Å². The van der Waals surface area contributed by atoms with Gasteiger partial charge in [0.05, 0.1) is 12.7 Å². The van der Waals surface area contributed by atoms with Gasteiger partial charge < -0.3 is 4.74 Å². The number of methoxy groups -OCH3 is 1. The molecule has 0 aromatic heterocycles. The molecule has 0 aliphatic rings. The van der Waals surface area contributed by atoms with Crippen LogP contribution in [0, 0.1) is 23.3 Å². The van der Waals surface area contributed by atoms with Crippen LogP contribution in [0.5, 0.6) is 5.75 Å². The van der Waals surface area contributed by atoms with Crippen LogP contribution in [0.3, 0.4) is 0 Å². The molecule has 0 bridgehead atoms. The minimum atomic E-state index is -1.32. The Labute approximate surface area is 111 Å². The van der Waals surface area contributed by atoms with Crippen molar-refractivity contribution in [3.8, 4) is 5.75 Å². The first-order valence-corrected chi connectivity index (χ1v) is 5.47. The molecule has 0 saturated carbocycles. The van der Waals surface area contributed by atoms with E-state index < -0.39 is 34.6 Å². The molecule has 0 N–H and O–H groups in total. The molecule has 0 atom stereocenters. The Balaban J connectivity index is 2.52. The fourth-order valence-corrected chi connectivity index (χ4v) is 1.70. The summed E-state index contributed by atoms with van der Waals surface area (Å²) in [7, 11) is 1.19. The molecule has 0 amide bonds. The summed E-state index contributed by atoms with van der Waals surface area (Å²) in [5.41, 5.74) is -1.08. The second kappa shape index (κ2) is 5.32. The minimum absolute atomic E-state index is 0.173. The number of hydrogen-bond acceptors (Lipinski definition) is 2. The van der Waals surface area contributed by atoms with Crippen molar-refractivity contribution in [1.29, 1.82) is 0 Å². The summed E-state index contributed by atoms with van der Waals surface area (Å²) in [5, 5.41) is 0. The minimum Gasteiger partial charge on any atom is -0.494 e. The van der Waals surface area contributed by atoms with Gasteiger partial charge in [0, 0.05) is 17.7 Å². The molecule has 20 heavy (non-hydrogen) atoms. The van der Waals surface area contributed by atoms with Gasteiger partial charge in [0.25, 0.3) is 0 Å². The zero-order chi connectivity index (χ0) is 14.9. The Hall–Kier alpha value is -2.37. The molecule has 2 rings (SSSR count). The van der Waals surface area contributed by atoms with Gasteiger partial charge in [-0.3, -0.25) is 4.79 Å². The first kappa shape index (κ1) is 14.0. The highest BCUT2D eigenvalue weighted by Gasteiger charge is 2.21. The van der Waals surface area contributed by atoms with Gasteiger partial charge >= 0.3 is 0 Å². The maximum Gasteiger partial charge on any atom is 0.199 e. The van der Waals surface area contributed by atoms with E-state index in [1.165, 1.54) is 7.11 Å². The van der Waals surface area contributed by atoms with Crippen molar-refractivity contribution in [3.05, 3.63) is 64.7 Å². The smallest absolute Gasteiger partial charge is 0.199 e. The number of ketones is 1. The second-order valence-electron chi connectivity index (χ2n) is 3.92. The third-order valence-corrected chi connectivity index (χ3v) is 2.65. The van der Waals surface area contributed by atoms with E-state index in [1.807, 2.05) is 0 Å². The van der Waals surface area contributed by atoms with Gasteiger partial charge in [0.2, 0.25) is 0 Å². The molecule has 2 nitrogen and oxygen atoms in total. The van der Waals surface area contributed by atoms with E-state index >= 15 is 0 Å². The number of ether oxygens (including phenoxy) is 1. The SMILES string of the molecule is COc1cc(C(=O)c2c(F)cc(F)cc2F)ccc1F. The third-order valence-electron chi connectivity index (χ3n) is 2.65. The molecule has 0 aliphatic heterocycles. The molecule has 0 spiro atoms. The highest BCUT2D eigenvalue weighted by Crippen LogP contribution is 2.23. The quantitative estimate of drug-likeness (QED) is 0.637. The zero-order valence-electron chi connectivity index (χ0n) is 10.2. The van der Waals surface area contributed by atoms with Crippen molar-refractivity contribution in [2.45, 2.75) is 0 Å². The van der Waals surface area contributed by atoms with Crippen LogP contribution in [0.1, 0.15) is 15.9 Å². The summed E-state index contributed by atoms with van der Waals surface area (Å²) in [5.74, 6) is -5.76. The number of rotatable bonds is 3. The van der Waals surface area contributed by atoms with E-state index in [-0.39, 0.29) is 11.3 Å². The molecule has 0 fully saturated rings. The fraction of sp³-hybridized carbons (Fsp3) is 0.0714. The Morgan fingerprint density at radius 1 is 0.950 bits per heavy atom. The lowest BCUT2D eigenvalue weighted by Crippen LogP contribution is -2.08. The van der Waals surface area contributed by atoms with Crippen LogP contribution in [0.15, 0.2) is 30.3 Å². The van der Waals surface area contributed by atoms with E-state index in [9.17, 15) is 22.4 Å². The average molecular weight is 284 g/mol. The zero-order valence-corrected chi connectivity index (χ0v) is 10.2. The van der Waals surface area contributed by atoms with Crippen molar-refractivity contribution in [2.24, 2.45) is 0 Å². The Morgan fingerprint density at radius 2 is 1.55 bits per heavy atom. The second-order valence-corrected chi connectivity index (χ2v) is 3.92. The van der Waals surface area contributed by atoms with Crippen LogP contribution < -0.4 is 4.74 Å². The topological polar surface area (TPSA) is 26.3 Å². The molecule has 104 valence electrons. The van der Waals surface area contributed by atoms with Gasteiger partial charge in [-0.05, 0) is 18.2 Å². The molecule has 0 unspecified atom stereocenters. The number of hydrogen-bond donors (Lipinski definition) is 0. The predicted octanol–water partition coefficient (Wildman–Crippen LogP) is 3.48. The van der Waals surface area contributed by atoms with Crippen molar-refractivity contribution >= 4 is 5.78 Å². The number of carbonyl (C=O) groups is 1. The first-order valence-electron chi connectivity index (χ1n) is 5.47. The molecule has 6 heteroatoms. The van der Waals surface area contributed by atoms with E-state index in [0.29, 0.717) is 12.1 Å². The van der Waals surface area contributed by atoms with Crippen LogP contribution in [0.4, 0.5) is 17.6 Å². The Bertz CT molecular complexity index is 660. The van der Waals surface area contributed by atoms with Crippen molar-refractivity contribution < 1.29 is 27.1 Å². The van der Waals surface area contributed by atoms with Crippen molar-refractivity contribution in [2.75, 3.05) is 7.11 Å². The lowest BCUT2D eigenvalue weighted by atomic mass is 10.0. The van der Waals surface area contributed by atoms with Crippen LogP contribution in [0.2, 0.25) is 0 Å². The molecule has 0 heterocycles. The largest absolute Gasteiger partial charge is 0.494 e. The lowest BCUT2D eigenvalue weighted by Gasteiger charge is -2.07. The number of benzene rings is 2. The summed E-state index contributed by atoms with van der Waals surface area (Å²) in [6, 6.07) is 3.81. The van der Waals surface area contributed by atoms with E-state index in [1.54, 1.807) is 0 Å². The van der Waals surface area contributed by atoms with Crippen LogP contribution >= 0.6 is 0 Å². The molecular formula is C14H8F4O2. The number of carbonyl (C=O) groups excluding carboxylic acids is 1. The monoisotopic (exact) mass is 284 g/mol. The van der Waals surface area contributed by atoms with Crippen molar-refractivity contribution in [3.63, 3.8) is 0 Å². The van der Waals surface area contributed by atoms with Crippen LogP contribution in [0.25, 0.3) is 0 Å². The maximum absolute atomic E-state index is 13.5. The molecule has 2 aromatic rings. The normalized spacial score (nSPS) is 10.4. The fourth-order valence-electron chi connectivity index (χ4n) is 1.70. The van der Waals surface area contributed by atoms with Gasteiger partial charge in [-0.1, -0.05) is 0 Å². The Morgan fingerprint density at radius 3 is 2.10 bits per heavy atom. The summed E-state index contributed by atoms with van der Waals surface area (Å²) in [4.78, 5) is 12.0. The highest BCUT2D eigenvalue weighted by atomic mass is 19.1. The van der Waals surface area contributed by atoms with Gasteiger partial charge in [-0.25, -0.2) is 17.6 Å². The summed E-state index contributed by atoms with van der Waals surface area (Å²) < 4.78 is 57.7. The summed E-state index contributed by atoms with van der Waals surface area (Å²) in [6.45, 7) is 0. The lowest BCUT2D eigenvalue weighted by molar-refractivity contribution is 0.103. The summed E-state index contributed by atoms with van der Waals surface area (Å²) in [6.07, 6.45) is 0. The summed E-state index contributed by atoms with van der Waals surface area (Å²) >= 11 is 0. The predicted molar refractivity (Wildman–Crippen MR) is 62.7 cm³/mol. The van der Waals surface area contributed by atoms with E-state index in [4.69, 9.17) is 0 Å². The van der Waals surface area contributed by atoms with Crippen LogP contribution in [-0.4, -0.2) is 12.9 Å². The van der Waals surface area contributed by atoms with E-state index in [0.717, 1.165) is 18.2 Å². The molecular weight excluding hydrogens is 276 g/mol. The van der Waals surface area contributed by atoms with Gasteiger partial charge in [0.15, 0.2) is 17.3 Å². The molecule has 0 saturated heterocycles. The van der Waals surface area contributed by atoms with Crippen LogP contribution in [-0.2, 0) is 0 Å². The average Bonchev–Trinajstić information content (AvgIpc) is 2.37. The standard InChI is InChI=1S/C14H8F4O2/c1-20-12-4-7(2-3-9(12)16)14(19)13-10(17)5-8(15)6-11(13)18/h2-6H,1H3. The third kappa shape index (κ3) is 2.49. The Kier molecular flexibility index (Phi) is 3.74. The van der Waals surface area contributed by atoms with Gasteiger partial charge in [-0.2, -0.15) is 0 Å². The molecule has 2 aromatic carbocycles. The first-order chi connectivity index (χ1) is 9.43. The highest BCUT2D eigenvalue weighted by molar-refractivity contribution is 6.09.